The molecule has 2 aromatic rings. The number of nitrogen functional groups attached to an aromatic ring is 1. The predicted octanol–water partition coefficient (Wildman–Crippen LogP) is 2.44. The number of nitrogens with two attached hydrogens (primary N) is 1. The van der Waals surface area contributed by atoms with Gasteiger partial charge in [0.05, 0.1) is 0 Å². The normalized spacial score (nSPS) is 10.5. The second-order valence-corrected chi connectivity index (χ2v) is 4.75. The zero-order valence-electron chi connectivity index (χ0n) is 7.77. The number of nitrogens with one attached hydrogen (secondary N) is 1. The van der Waals surface area contributed by atoms with Crippen molar-refractivity contribution in [2.24, 2.45) is 0 Å². The van der Waals surface area contributed by atoms with Crippen LogP contribution in [0.25, 0.3) is 0 Å². The van der Waals surface area contributed by atoms with E-state index in [-0.39, 0.29) is 0 Å². The van der Waals surface area contributed by atoms with Crippen LogP contribution in [0.15, 0.2) is 34.2 Å². The maximum absolute atomic E-state index is 5.78. The number of aromatic nitrogens is 3. The second kappa shape index (κ2) is 4.67. The first kappa shape index (κ1) is 10.5. The van der Waals surface area contributed by atoms with Crippen molar-refractivity contribution in [3.8, 4) is 0 Å². The number of hydrogen-bond acceptors (Lipinski definition) is 4. The summed E-state index contributed by atoms with van der Waals surface area (Å²) in [7, 11) is 0. The summed E-state index contributed by atoms with van der Waals surface area (Å²) in [5.74, 6) is 0.826. The van der Waals surface area contributed by atoms with Crippen LogP contribution in [0.5, 0.6) is 0 Å². The van der Waals surface area contributed by atoms with E-state index in [9.17, 15) is 0 Å². The van der Waals surface area contributed by atoms with E-state index in [1.54, 1.807) is 11.8 Å². The van der Waals surface area contributed by atoms with Crippen molar-refractivity contribution in [1.29, 1.82) is 0 Å². The Morgan fingerprint density at radius 1 is 1.47 bits per heavy atom. The lowest BCUT2D eigenvalue weighted by atomic mass is 10.2. The molecule has 0 aliphatic carbocycles. The van der Waals surface area contributed by atoms with Gasteiger partial charge in [0.15, 0.2) is 5.16 Å². The molecule has 0 fully saturated rings. The number of rotatable bonds is 3. The van der Waals surface area contributed by atoms with Crippen molar-refractivity contribution in [3.63, 3.8) is 0 Å². The van der Waals surface area contributed by atoms with Gasteiger partial charge >= 0.3 is 0 Å². The van der Waals surface area contributed by atoms with Gasteiger partial charge in [-0.15, -0.1) is 0 Å². The van der Waals surface area contributed by atoms with Gasteiger partial charge in [0.25, 0.3) is 0 Å². The summed E-state index contributed by atoms with van der Waals surface area (Å²) in [4.78, 5) is 4.03. The van der Waals surface area contributed by atoms with Gasteiger partial charge in [0, 0.05) is 15.9 Å². The highest BCUT2D eigenvalue weighted by Gasteiger charge is 2.01. The molecule has 1 heterocycles. The van der Waals surface area contributed by atoms with Gasteiger partial charge in [0.1, 0.15) is 6.33 Å². The molecule has 6 heteroatoms. The zero-order chi connectivity index (χ0) is 10.7. The molecule has 0 saturated heterocycles. The van der Waals surface area contributed by atoms with Gasteiger partial charge in [-0.2, -0.15) is 5.10 Å². The Balaban J connectivity index is 2.02. The summed E-state index contributed by atoms with van der Waals surface area (Å²) in [6.45, 7) is 0. The average Bonchev–Trinajstić information content (AvgIpc) is 2.73. The predicted molar refractivity (Wildman–Crippen MR) is 64.5 cm³/mol. The van der Waals surface area contributed by atoms with Gasteiger partial charge < -0.3 is 5.73 Å². The number of thioether (sulfide) groups is 1. The monoisotopic (exact) mass is 284 g/mol. The quantitative estimate of drug-likeness (QED) is 0.671. The molecule has 1 aromatic carbocycles. The van der Waals surface area contributed by atoms with Crippen LogP contribution in [0.4, 0.5) is 5.69 Å². The second-order valence-electron chi connectivity index (χ2n) is 2.94. The first-order valence-corrected chi connectivity index (χ1v) is 6.05. The number of hydrogen-bond donors (Lipinski definition) is 2. The van der Waals surface area contributed by atoms with E-state index in [2.05, 4.69) is 31.1 Å². The van der Waals surface area contributed by atoms with E-state index in [0.717, 1.165) is 26.6 Å². The fourth-order valence-corrected chi connectivity index (χ4v) is 2.07. The van der Waals surface area contributed by atoms with Crippen molar-refractivity contribution in [2.75, 3.05) is 5.73 Å². The molecule has 15 heavy (non-hydrogen) atoms. The fraction of sp³-hybridized carbons (Fsp3) is 0.111. The molecule has 0 saturated carbocycles. The number of H-pyrrole nitrogens is 1. The molecule has 0 unspecified atom stereocenters. The van der Waals surface area contributed by atoms with Crippen LogP contribution < -0.4 is 5.73 Å². The van der Waals surface area contributed by atoms with E-state index in [1.807, 2.05) is 18.2 Å². The smallest absolute Gasteiger partial charge is 0.183 e. The summed E-state index contributed by atoms with van der Waals surface area (Å²) < 4.78 is 0.927. The number of halogens is 1. The molecule has 0 aliphatic rings. The van der Waals surface area contributed by atoms with Crippen LogP contribution in [0.1, 0.15) is 5.56 Å². The standard InChI is InChI=1S/C9H9BrN4S/c10-7-2-1-6(3-8(7)11)4-15-9-12-5-13-14-9/h1-3,5H,4,11H2,(H,12,13,14). The largest absolute Gasteiger partial charge is 0.398 e. The third-order valence-electron chi connectivity index (χ3n) is 1.83. The van der Waals surface area contributed by atoms with E-state index >= 15 is 0 Å². The summed E-state index contributed by atoms with van der Waals surface area (Å²) in [6.07, 6.45) is 1.50. The van der Waals surface area contributed by atoms with E-state index in [4.69, 9.17) is 5.73 Å². The van der Waals surface area contributed by atoms with E-state index in [0.29, 0.717) is 0 Å². The maximum atomic E-state index is 5.78. The molecule has 0 bridgehead atoms. The average molecular weight is 285 g/mol. The molecule has 2 rings (SSSR count). The Kier molecular flexibility index (Phi) is 3.27. The molecule has 1 aromatic heterocycles. The zero-order valence-corrected chi connectivity index (χ0v) is 10.2. The van der Waals surface area contributed by atoms with Crippen LogP contribution >= 0.6 is 27.7 Å². The van der Waals surface area contributed by atoms with Crippen molar-refractivity contribution in [2.45, 2.75) is 10.9 Å². The van der Waals surface area contributed by atoms with E-state index < -0.39 is 0 Å². The van der Waals surface area contributed by atoms with Crippen LogP contribution in [0, 0.1) is 0 Å². The Morgan fingerprint density at radius 2 is 2.33 bits per heavy atom. The lowest BCUT2D eigenvalue weighted by Gasteiger charge is -2.02. The molecule has 4 nitrogen and oxygen atoms in total. The summed E-state index contributed by atoms with van der Waals surface area (Å²) in [6, 6.07) is 5.93. The van der Waals surface area contributed by atoms with Gasteiger partial charge in [-0.25, -0.2) is 4.98 Å². The lowest BCUT2D eigenvalue weighted by molar-refractivity contribution is 0.973. The van der Waals surface area contributed by atoms with Crippen molar-refractivity contribution >= 4 is 33.4 Å². The number of benzene rings is 1. The number of aromatic amines is 1. The topological polar surface area (TPSA) is 67.6 Å². The first-order valence-electron chi connectivity index (χ1n) is 4.28. The van der Waals surface area contributed by atoms with Crippen LogP contribution in [-0.4, -0.2) is 15.2 Å². The molecule has 3 N–H and O–H groups in total. The minimum absolute atomic E-state index is 0.755. The highest BCUT2D eigenvalue weighted by atomic mass is 79.9. The maximum Gasteiger partial charge on any atom is 0.183 e. The van der Waals surface area contributed by atoms with Crippen molar-refractivity contribution in [1.82, 2.24) is 15.2 Å². The SMILES string of the molecule is Nc1cc(CSc2ncn[nH]2)ccc1Br. The number of anilines is 1. The van der Waals surface area contributed by atoms with Gasteiger partial charge in [0.2, 0.25) is 0 Å². The summed E-state index contributed by atoms with van der Waals surface area (Å²) >= 11 is 4.95. The van der Waals surface area contributed by atoms with Crippen LogP contribution in [-0.2, 0) is 5.75 Å². The Hall–Kier alpha value is -1.01. The van der Waals surface area contributed by atoms with Gasteiger partial charge in [-0.1, -0.05) is 17.8 Å². The molecule has 78 valence electrons. The van der Waals surface area contributed by atoms with Crippen molar-refractivity contribution in [3.05, 3.63) is 34.6 Å². The molecular weight excluding hydrogens is 276 g/mol. The Bertz CT molecular complexity index is 443. The van der Waals surface area contributed by atoms with Crippen LogP contribution in [0.3, 0.4) is 0 Å². The summed E-state index contributed by atoms with van der Waals surface area (Å²) in [5.41, 5.74) is 7.70. The third-order valence-corrected chi connectivity index (χ3v) is 3.50. The number of nitrogens with zero attached hydrogens (tertiary/aromatic N) is 2. The highest BCUT2D eigenvalue weighted by Crippen LogP contribution is 2.24. The minimum Gasteiger partial charge on any atom is -0.398 e. The molecule has 0 aliphatic heterocycles. The molecule has 0 spiro atoms. The van der Waals surface area contributed by atoms with Gasteiger partial charge in [-0.05, 0) is 33.6 Å². The first-order chi connectivity index (χ1) is 7.25. The third kappa shape index (κ3) is 2.73. The van der Waals surface area contributed by atoms with E-state index in [1.165, 1.54) is 6.33 Å². The fourth-order valence-electron chi connectivity index (χ4n) is 1.10. The highest BCUT2D eigenvalue weighted by molar-refractivity contribution is 9.10. The molecular formula is C9H9BrN4S. The summed E-state index contributed by atoms with van der Waals surface area (Å²) in [5, 5.41) is 7.39. The Labute approximate surface area is 99.8 Å². The van der Waals surface area contributed by atoms with Crippen LogP contribution in [0.2, 0.25) is 0 Å². The minimum atomic E-state index is 0.755. The molecule has 0 amide bonds. The lowest BCUT2D eigenvalue weighted by Crippen LogP contribution is -1.89. The Morgan fingerprint density at radius 3 is 3.00 bits per heavy atom. The molecule has 0 radical (unpaired) electrons. The molecule has 0 atom stereocenters. The van der Waals surface area contributed by atoms with Crippen molar-refractivity contribution < 1.29 is 0 Å². The van der Waals surface area contributed by atoms with Gasteiger partial charge in [-0.3, -0.25) is 5.10 Å².